The first-order chi connectivity index (χ1) is 14.3. The highest BCUT2D eigenvalue weighted by molar-refractivity contribution is 5.66. The zero-order valence-electron chi connectivity index (χ0n) is 18.2. The van der Waals surface area contributed by atoms with Gasteiger partial charge >= 0.3 is 11.9 Å². The van der Waals surface area contributed by atoms with E-state index in [-0.39, 0.29) is 23.8 Å². The molecule has 0 saturated carbocycles. The molecule has 168 valence electrons. The van der Waals surface area contributed by atoms with E-state index < -0.39 is 12.2 Å². The van der Waals surface area contributed by atoms with Crippen molar-refractivity contribution in [2.45, 2.75) is 90.4 Å². The zero-order valence-corrected chi connectivity index (χ0v) is 18.2. The highest BCUT2D eigenvalue weighted by atomic mass is 16.6. The van der Waals surface area contributed by atoms with Crippen LogP contribution in [0.15, 0.2) is 12.1 Å². The molecule has 0 saturated heterocycles. The van der Waals surface area contributed by atoms with Crippen molar-refractivity contribution >= 4 is 11.9 Å². The Kier molecular flexibility index (Phi) is 9.43. The molecule has 1 aromatic carbocycles. The third-order valence-corrected chi connectivity index (χ3v) is 5.23. The number of rotatable bonds is 11. The predicted molar refractivity (Wildman–Crippen MR) is 112 cm³/mol. The van der Waals surface area contributed by atoms with Crippen molar-refractivity contribution in [1.29, 1.82) is 0 Å². The number of hydrogen-bond acceptors (Lipinski definition) is 7. The summed E-state index contributed by atoms with van der Waals surface area (Å²) in [5, 5.41) is 19.5. The number of aliphatic hydroxyl groups is 1. The summed E-state index contributed by atoms with van der Waals surface area (Å²) in [6.07, 6.45) is 4.14. The van der Waals surface area contributed by atoms with Crippen molar-refractivity contribution in [3.8, 4) is 11.5 Å². The molecule has 1 aliphatic rings. The molecule has 3 atom stereocenters. The van der Waals surface area contributed by atoms with Gasteiger partial charge in [0.25, 0.3) is 0 Å². The van der Waals surface area contributed by atoms with E-state index in [2.05, 4.69) is 0 Å². The summed E-state index contributed by atoms with van der Waals surface area (Å²) in [5.41, 5.74) is 2.08. The number of hydrogen-bond donors (Lipinski definition) is 2. The van der Waals surface area contributed by atoms with Crippen LogP contribution in [-0.2, 0) is 31.9 Å². The van der Waals surface area contributed by atoms with Crippen molar-refractivity contribution in [3.05, 3.63) is 23.3 Å². The van der Waals surface area contributed by atoms with Gasteiger partial charge in [0.1, 0.15) is 12.2 Å². The van der Waals surface area contributed by atoms with Gasteiger partial charge in [-0.1, -0.05) is 6.07 Å². The molecule has 2 rings (SSSR count). The predicted octanol–water partition coefficient (Wildman–Crippen LogP) is 3.45. The molecule has 0 unspecified atom stereocenters. The van der Waals surface area contributed by atoms with Crippen LogP contribution in [0.25, 0.3) is 0 Å². The van der Waals surface area contributed by atoms with Crippen LogP contribution in [0.4, 0.5) is 0 Å². The van der Waals surface area contributed by atoms with Crippen LogP contribution in [0.5, 0.6) is 11.5 Å². The molecular weight excluding hydrogens is 388 g/mol. The quantitative estimate of drug-likeness (QED) is 0.527. The van der Waals surface area contributed by atoms with Gasteiger partial charge in [0, 0.05) is 25.8 Å². The average molecular weight is 423 g/mol. The smallest absolute Gasteiger partial charge is 0.302 e. The molecule has 0 aliphatic carbocycles. The fourth-order valence-corrected chi connectivity index (χ4v) is 3.92. The summed E-state index contributed by atoms with van der Waals surface area (Å²) in [6, 6.07) is 3.53. The van der Waals surface area contributed by atoms with E-state index in [1.54, 1.807) is 13.0 Å². The zero-order chi connectivity index (χ0) is 22.1. The molecule has 30 heavy (non-hydrogen) atoms. The van der Waals surface area contributed by atoms with Gasteiger partial charge in [-0.05, 0) is 63.5 Å². The van der Waals surface area contributed by atoms with E-state index in [9.17, 15) is 19.8 Å². The van der Waals surface area contributed by atoms with Gasteiger partial charge in [0.2, 0.25) is 0 Å². The second-order valence-electron chi connectivity index (χ2n) is 8.02. The lowest BCUT2D eigenvalue weighted by molar-refractivity contribution is -0.153. The number of carbonyl (C=O) groups is 2. The molecule has 7 heteroatoms. The third-order valence-electron chi connectivity index (χ3n) is 5.23. The summed E-state index contributed by atoms with van der Waals surface area (Å²) in [7, 11) is 0. The monoisotopic (exact) mass is 422 g/mol. The Bertz CT molecular complexity index is 714. The van der Waals surface area contributed by atoms with E-state index in [4.69, 9.17) is 14.2 Å². The molecule has 0 spiro atoms. The van der Waals surface area contributed by atoms with Gasteiger partial charge in [-0.3, -0.25) is 9.59 Å². The van der Waals surface area contributed by atoms with Crippen molar-refractivity contribution in [1.82, 2.24) is 0 Å². The highest BCUT2D eigenvalue weighted by Crippen LogP contribution is 2.37. The van der Waals surface area contributed by atoms with Gasteiger partial charge < -0.3 is 24.4 Å². The first kappa shape index (κ1) is 24.0. The maximum atomic E-state index is 11.6. The lowest BCUT2D eigenvalue weighted by Crippen LogP contribution is -2.27. The lowest BCUT2D eigenvalue weighted by Gasteiger charge is -2.25. The van der Waals surface area contributed by atoms with Gasteiger partial charge in [-0.25, -0.2) is 0 Å². The van der Waals surface area contributed by atoms with Crippen LogP contribution in [0.2, 0.25) is 0 Å². The van der Waals surface area contributed by atoms with E-state index in [1.165, 1.54) is 13.8 Å². The number of phenols is 1. The molecule has 0 amide bonds. The number of carbonyl (C=O) groups excluding carboxylic acids is 2. The average Bonchev–Trinajstić information content (AvgIpc) is 2.66. The number of benzene rings is 1. The summed E-state index contributed by atoms with van der Waals surface area (Å²) < 4.78 is 16.6. The molecule has 7 nitrogen and oxygen atoms in total. The van der Waals surface area contributed by atoms with Gasteiger partial charge in [0.15, 0.2) is 11.5 Å². The molecule has 0 bridgehead atoms. The Labute approximate surface area is 178 Å². The van der Waals surface area contributed by atoms with Crippen molar-refractivity contribution < 1.29 is 34.0 Å². The molecular formula is C23H34O7. The first-order valence-electron chi connectivity index (χ1n) is 10.7. The van der Waals surface area contributed by atoms with Crippen molar-refractivity contribution in [2.24, 2.45) is 0 Å². The Morgan fingerprint density at radius 2 is 1.77 bits per heavy atom. The molecule has 1 aliphatic heterocycles. The van der Waals surface area contributed by atoms with E-state index in [0.29, 0.717) is 50.9 Å². The number of aliphatic hydroxyl groups excluding tert-OH is 1. The maximum Gasteiger partial charge on any atom is 0.302 e. The van der Waals surface area contributed by atoms with Gasteiger partial charge in [-0.2, -0.15) is 0 Å². The Balaban J connectivity index is 2.05. The molecule has 0 radical (unpaired) electrons. The van der Waals surface area contributed by atoms with Crippen LogP contribution in [0.1, 0.15) is 70.4 Å². The summed E-state index contributed by atoms with van der Waals surface area (Å²) in [6.45, 7) is 5.06. The summed E-state index contributed by atoms with van der Waals surface area (Å²) in [4.78, 5) is 23.1. The SMILES string of the molecule is CC(=O)O[C@H](CCC[C@H](C)O)C[C@H](CCc1ccc(O)c2c1CCCO2)OC(C)=O. The van der Waals surface area contributed by atoms with Crippen molar-refractivity contribution in [2.75, 3.05) is 6.61 Å². The number of ether oxygens (including phenoxy) is 3. The van der Waals surface area contributed by atoms with Crippen molar-refractivity contribution in [3.63, 3.8) is 0 Å². The highest BCUT2D eigenvalue weighted by Gasteiger charge is 2.23. The normalized spacial score (nSPS) is 16.0. The second-order valence-corrected chi connectivity index (χ2v) is 8.02. The number of phenolic OH excluding ortho intramolecular Hbond substituents is 1. The molecule has 1 heterocycles. The minimum absolute atomic E-state index is 0.151. The topological polar surface area (TPSA) is 102 Å². The summed E-state index contributed by atoms with van der Waals surface area (Å²) in [5.74, 6) is -0.0401. The largest absolute Gasteiger partial charge is 0.504 e. The Morgan fingerprint density at radius 3 is 2.40 bits per heavy atom. The number of aromatic hydroxyl groups is 1. The minimum Gasteiger partial charge on any atom is -0.504 e. The fraction of sp³-hybridized carbons (Fsp3) is 0.652. The van der Waals surface area contributed by atoms with Crippen LogP contribution >= 0.6 is 0 Å². The summed E-state index contributed by atoms with van der Waals surface area (Å²) >= 11 is 0. The lowest BCUT2D eigenvalue weighted by atomic mass is 9.93. The van der Waals surface area contributed by atoms with Gasteiger partial charge in [-0.15, -0.1) is 0 Å². The first-order valence-corrected chi connectivity index (χ1v) is 10.7. The Morgan fingerprint density at radius 1 is 1.10 bits per heavy atom. The number of fused-ring (bicyclic) bond motifs is 1. The Hall–Kier alpha value is -2.28. The maximum absolute atomic E-state index is 11.6. The minimum atomic E-state index is -0.407. The van der Waals surface area contributed by atoms with E-state index >= 15 is 0 Å². The van der Waals surface area contributed by atoms with E-state index in [1.807, 2.05) is 6.07 Å². The van der Waals surface area contributed by atoms with Crippen LogP contribution in [0, 0.1) is 0 Å². The molecule has 2 N–H and O–H groups in total. The van der Waals surface area contributed by atoms with Gasteiger partial charge in [0.05, 0.1) is 12.7 Å². The third kappa shape index (κ3) is 7.86. The van der Waals surface area contributed by atoms with Crippen LogP contribution < -0.4 is 4.74 Å². The fourth-order valence-electron chi connectivity index (χ4n) is 3.92. The number of esters is 2. The molecule has 0 aromatic heterocycles. The number of aryl methyl sites for hydroxylation is 1. The second kappa shape index (κ2) is 11.8. The van der Waals surface area contributed by atoms with Crippen LogP contribution in [-0.4, -0.2) is 47.1 Å². The standard InChI is InChI=1S/C23H34O7/c1-15(24)6-4-7-19(29-16(2)25)14-20(30-17(3)26)11-9-18-10-12-22(27)23-21(18)8-5-13-28-23/h10,12,15,19-20,24,27H,4-9,11,13-14H2,1-3H3/t15-,19+,20-/m0/s1. The van der Waals surface area contributed by atoms with Crippen LogP contribution in [0.3, 0.4) is 0 Å². The molecule has 0 fully saturated rings. The molecule has 1 aromatic rings. The van der Waals surface area contributed by atoms with E-state index in [0.717, 1.165) is 24.0 Å².